The van der Waals surface area contributed by atoms with E-state index in [2.05, 4.69) is 10.0 Å². The molecule has 3 aromatic rings. The minimum Gasteiger partial charge on any atom is -0.484 e. The van der Waals surface area contributed by atoms with Crippen LogP contribution >= 0.6 is 0 Å². The first-order valence-electron chi connectivity index (χ1n) is 10.1. The lowest BCUT2D eigenvalue weighted by molar-refractivity contribution is -0.123. The Bertz CT molecular complexity index is 1120. The summed E-state index contributed by atoms with van der Waals surface area (Å²) >= 11 is 0. The van der Waals surface area contributed by atoms with E-state index in [-0.39, 0.29) is 35.8 Å². The Morgan fingerprint density at radius 2 is 1.62 bits per heavy atom. The highest BCUT2D eigenvalue weighted by Crippen LogP contribution is 2.17. The maximum atomic E-state index is 13.0. The van der Waals surface area contributed by atoms with Gasteiger partial charge in [0.2, 0.25) is 10.0 Å². The summed E-state index contributed by atoms with van der Waals surface area (Å²) in [7, 11) is -3.64. The molecule has 168 valence electrons. The zero-order valence-electron chi connectivity index (χ0n) is 17.6. The number of carbonyl (C=O) groups excluding carboxylic acids is 1. The molecule has 6 nitrogen and oxygen atoms in total. The first kappa shape index (κ1) is 23.4. The van der Waals surface area contributed by atoms with E-state index in [0.717, 1.165) is 11.1 Å². The maximum absolute atomic E-state index is 13.0. The molecular weight excluding hydrogens is 431 g/mol. The highest BCUT2D eigenvalue weighted by atomic mass is 32.2. The monoisotopic (exact) mass is 456 g/mol. The second-order valence-corrected chi connectivity index (χ2v) is 9.00. The molecular formula is C24H25FN2O4S. The molecule has 0 fully saturated rings. The standard InChI is InChI=1S/C24H25FN2O4S/c1-18(20-7-9-21(25)10-8-20)27-24(28)17-31-22-11-13-23(14-12-22)32(29,30)26-16-15-19-5-3-2-4-6-19/h2-14,18,26H,15-17H2,1H3,(H,27,28). The average Bonchev–Trinajstić information content (AvgIpc) is 2.79. The summed E-state index contributed by atoms with van der Waals surface area (Å²) in [6.07, 6.45) is 0.590. The van der Waals surface area contributed by atoms with Crippen molar-refractivity contribution in [3.05, 3.63) is 95.8 Å². The molecule has 1 unspecified atom stereocenters. The second kappa shape index (κ2) is 10.9. The molecule has 0 radical (unpaired) electrons. The van der Waals surface area contributed by atoms with E-state index in [9.17, 15) is 17.6 Å². The summed E-state index contributed by atoms with van der Waals surface area (Å²) in [5, 5.41) is 2.77. The fourth-order valence-electron chi connectivity index (χ4n) is 3.04. The zero-order chi connectivity index (χ0) is 23.0. The summed E-state index contributed by atoms with van der Waals surface area (Å²) in [6.45, 7) is 1.85. The van der Waals surface area contributed by atoms with Crippen LogP contribution in [-0.4, -0.2) is 27.5 Å². The van der Waals surface area contributed by atoms with E-state index in [0.29, 0.717) is 12.2 Å². The Hall–Kier alpha value is -3.23. The van der Waals surface area contributed by atoms with Crippen LogP contribution in [0.1, 0.15) is 24.1 Å². The molecule has 1 atom stereocenters. The molecule has 0 bridgehead atoms. The normalized spacial score (nSPS) is 12.2. The zero-order valence-corrected chi connectivity index (χ0v) is 18.4. The molecule has 1 amide bonds. The van der Waals surface area contributed by atoms with Crippen molar-refractivity contribution in [1.82, 2.24) is 10.0 Å². The smallest absolute Gasteiger partial charge is 0.258 e. The van der Waals surface area contributed by atoms with Gasteiger partial charge in [-0.05, 0) is 60.9 Å². The van der Waals surface area contributed by atoms with Gasteiger partial charge in [0.25, 0.3) is 5.91 Å². The number of nitrogens with one attached hydrogen (secondary N) is 2. The van der Waals surface area contributed by atoms with Crippen molar-refractivity contribution in [3.8, 4) is 5.75 Å². The molecule has 2 N–H and O–H groups in total. The fourth-order valence-corrected chi connectivity index (χ4v) is 4.07. The van der Waals surface area contributed by atoms with Crippen LogP contribution in [0.2, 0.25) is 0 Å². The maximum Gasteiger partial charge on any atom is 0.258 e. The number of hydrogen-bond acceptors (Lipinski definition) is 4. The topological polar surface area (TPSA) is 84.5 Å². The number of rotatable bonds is 10. The van der Waals surface area contributed by atoms with Gasteiger partial charge >= 0.3 is 0 Å². The Labute approximate surface area is 187 Å². The molecule has 0 heterocycles. The van der Waals surface area contributed by atoms with Gasteiger partial charge in [0.15, 0.2) is 6.61 Å². The van der Waals surface area contributed by atoms with Gasteiger partial charge in [0.1, 0.15) is 11.6 Å². The number of ether oxygens (including phenoxy) is 1. The quantitative estimate of drug-likeness (QED) is 0.488. The summed E-state index contributed by atoms with van der Waals surface area (Å²) in [5.41, 5.74) is 1.82. The number of carbonyl (C=O) groups is 1. The summed E-state index contributed by atoms with van der Waals surface area (Å²) in [5.74, 6) is -0.314. The first-order valence-corrected chi connectivity index (χ1v) is 11.6. The van der Waals surface area contributed by atoms with E-state index in [1.54, 1.807) is 19.1 Å². The van der Waals surface area contributed by atoms with Gasteiger partial charge in [-0.15, -0.1) is 0 Å². The minimum atomic E-state index is -3.64. The number of hydrogen-bond donors (Lipinski definition) is 2. The highest BCUT2D eigenvalue weighted by Gasteiger charge is 2.14. The molecule has 0 saturated heterocycles. The predicted octanol–water partition coefficient (Wildman–Crippen LogP) is 3.60. The first-order chi connectivity index (χ1) is 15.3. The van der Waals surface area contributed by atoms with Crippen LogP contribution in [0.3, 0.4) is 0 Å². The molecule has 0 aliphatic rings. The molecule has 8 heteroatoms. The van der Waals surface area contributed by atoms with Crippen LogP contribution in [0.5, 0.6) is 5.75 Å². The van der Waals surface area contributed by atoms with Crippen molar-refractivity contribution >= 4 is 15.9 Å². The van der Waals surface area contributed by atoms with E-state index < -0.39 is 10.0 Å². The number of halogens is 1. The van der Waals surface area contributed by atoms with Gasteiger partial charge in [-0.3, -0.25) is 4.79 Å². The van der Waals surface area contributed by atoms with Crippen LogP contribution in [0.25, 0.3) is 0 Å². The molecule has 0 saturated carbocycles. The van der Waals surface area contributed by atoms with Crippen LogP contribution in [0.4, 0.5) is 4.39 Å². The summed E-state index contributed by atoms with van der Waals surface area (Å²) in [4.78, 5) is 12.2. The lowest BCUT2D eigenvalue weighted by Gasteiger charge is -2.15. The molecule has 0 aliphatic heterocycles. The third kappa shape index (κ3) is 6.90. The van der Waals surface area contributed by atoms with E-state index >= 15 is 0 Å². The fraction of sp³-hybridized carbons (Fsp3) is 0.208. The minimum absolute atomic E-state index is 0.118. The van der Waals surface area contributed by atoms with Crippen LogP contribution in [0.15, 0.2) is 83.8 Å². The summed E-state index contributed by atoms with van der Waals surface area (Å²) in [6, 6.07) is 21.0. The Balaban J connectivity index is 1.47. The molecule has 32 heavy (non-hydrogen) atoms. The largest absolute Gasteiger partial charge is 0.484 e. The van der Waals surface area contributed by atoms with Crippen molar-refractivity contribution in [2.45, 2.75) is 24.3 Å². The molecule has 0 aliphatic carbocycles. The van der Waals surface area contributed by atoms with Crippen molar-refractivity contribution in [2.24, 2.45) is 0 Å². The number of sulfonamides is 1. The summed E-state index contributed by atoms with van der Waals surface area (Å²) < 4.78 is 45.9. The van der Waals surface area contributed by atoms with Crippen molar-refractivity contribution in [1.29, 1.82) is 0 Å². The van der Waals surface area contributed by atoms with Crippen molar-refractivity contribution < 1.29 is 22.3 Å². The van der Waals surface area contributed by atoms with Gasteiger partial charge in [0.05, 0.1) is 10.9 Å². The lowest BCUT2D eigenvalue weighted by Crippen LogP contribution is -2.31. The van der Waals surface area contributed by atoms with Gasteiger partial charge in [0, 0.05) is 6.54 Å². The van der Waals surface area contributed by atoms with E-state index in [1.807, 2.05) is 30.3 Å². The Morgan fingerprint density at radius 3 is 2.28 bits per heavy atom. The second-order valence-electron chi connectivity index (χ2n) is 7.23. The molecule has 3 rings (SSSR count). The average molecular weight is 457 g/mol. The van der Waals surface area contributed by atoms with E-state index in [4.69, 9.17) is 4.74 Å². The van der Waals surface area contributed by atoms with Crippen LogP contribution < -0.4 is 14.8 Å². The van der Waals surface area contributed by atoms with Gasteiger partial charge < -0.3 is 10.1 Å². The molecule has 0 spiro atoms. The van der Waals surface area contributed by atoms with Gasteiger partial charge in [-0.2, -0.15) is 0 Å². The lowest BCUT2D eigenvalue weighted by atomic mass is 10.1. The van der Waals surface area contributed by atoms with Crippen molar-refractivity contribution in [3.63, 3.8) is 0 Å². The Morgan fingerprint density at radius 1 is 0.969 bits per heavy atom. The third-order valence-electron chi connectivity index (χ3n) is 4.80. The van der Waals surface area contributed by atoms with E-state index in [1.165, 1.54) is 36.4 Å². The molecule has 3 aromatic carbocycles. The predicted molar refractivity (Wildman–Crippen MR) is 120 cm³/mol. The highest BCUT2D eigenvalue weighted by molar-refractivity contribution is 7.89. The third-order valence-corrected chi connectivity index (χ3v) is 6.28. The van der Waals surface area contributed by atoms with Gasteiger partial charge in [-0.1, -0.05) is 42.5 Å². The van der Waals surface area contributed by atoms with Crippen molar-refractivity contribution in [2.75, 3.05) is 13.2 Å². The van der Waals surface area contributed by atoms with Crippen LogP contribution in [-0.2, 0) is 21.2 Å². The molecule has 0 aromatic heterocycles. The van der Waals surface area contributed by atoms with Crippen LogP contribution in [0, 0.1) is 5.82 Å². The number of amides is 1. The Kier molecular flexibility index (Phi) is 7.97. The van der Waals surface area contributed by atoms with Gasteiger partial charge in [-0.25, -0.2) is 17.5 Å². The number of benzene rings is 3. The SMILES string of the molecule is CC(NC(=O)COc1ccc(S(=O)(=O)NCCc2ccccc2)cc1)c1ccc(F)cc1.